The normalized spacial score (nSPS) is 13.3. The summed E-state index contributed by atoms with van der Waals surface area (Å²) in [5.41, 5.74) is 6.11. The van der Waals surface area contributed by atoms with Crippen LogP contribution in [0.2, 0.25) is 0 Å². The minimum Gasteiger partial charge on any atom is -0.398 e. The molecule has 0 amide bonds. The SMILES string of the molecule is CCCCC(CCC)NS(=O)(=O)c1c(N)cc(Br)cc1Br. The van der Waals surface area contributed by atoms with Crippen LogP contribution < -0.4 is 10.5 Å². The van der Waals surface area contributed by atoms with Crippen molar-refractivity contribution in [1.82, 2.24) is 4.72 Å². The lowest BCUT2D eigenvalue weighted by atomic mass is 10.1. The van der Waals surface area contributed by atoms with Crippen molar-refractivity contribution in [2.24, 2.45) is 0 Å². The molecule has 0 aromatic heterocycles. The van der Waals surface area contributed by atoms with Crippen LogP contribution in [0.1, 0.15) is 46.0 Å². The first-order valence-corrected chi connectivity index (χ1v) is 10.2. The van der Waals surface area contributed by atoms with Crippen LogP contribution in [0.5, 0.6) is 0 Å². The molecule has 0 bridgehead atoms. The number of benzene rings is 1. The quantitative estimate of drug-likeness (QED) is 0.586. The number of hydrogen-bond acceptors (Lipinski definition) is 3. The minimum absolute atomic E-state index is 0.0464. The summed E-state index contributed by atoms with van der Waals surface area (Å²) in [5.74, 6) is 0. The third kappa shape index (κ3) is 5.54. The van der Waals surface area contributed by atoms with Crippen molar-refractivity contribution in [3.63, 3.8) is 0 Å². The number of sulfonamides is 1. The Labute approximate surface area is 144 Å². The molecule has 1 aromatic rings. The zero-order valence-electron chi connectivity index (χ0n) is 12.3. The van der Waals surface area contributed by atoms with Gasteiger partial charge in [-0.05, 0) is 40.9 Å². The lowest BCUT2D eigenvalue weighted by molar-refractivity contribution is 0.483. The first-order valence-electron chi connectivity index (χ1n) is 7.08. The van der Waals surface area contributed by atoms with E-state index in [1.807, 2.05) is 0 Å². The Morgan fingerprint density at radius 3 is 2.38 bits per heavy atom. The molecular formula is C14H22Br2N2O2S. The number of halogens is 2. The van der Waals surface area contributed by atoms with Gasteiger partial charge in [-0.1, -0.05) is 49.0 Å². The van der Waals surface area contributed by atoms with E-state index in [4.69, 9.17) is 5.73 Å². The van der Waals surface area contributed by atoms with E-state index in [0.29, 0.717) is 4.47 Å². The third-order valence-electron chi connectivity index (χ3n) is 3.17. The number of rotatable bonds is 8. The number of nitrogen functional groups attached to an aromatic ring is 1. The Morgan fingerprint density at radius 1 is 1.19 bits per heavy atom. The van der Waals surface area contributed by atoms with Gasteiger partial charge in [-0.25, -0.2) is 13.1 Å². The molecule has 0 spiro atoms. The van der Waals surface area contributed by atoms with Crippen LogP contribution in [0.25, 0.3) is 0 Å². The summed E-state index contributed by atoms with van der Waals surface area (Å²) >= 11 is 6.58. The van der Waals surface area contributed by atoms with Crippen LogP contribution in [-0.4, -0.2) is 14.5 Å². The summed E-state index contributed by atoms with van der Waals surface area (Å²) in [6.07, 6.45) is 4.66. The van der Waals surface area contributed by atoms with E-state index in [1.54, 1.807) is 12.1 Å². The van der Waals surface area contributed by atoms with Crippen molar-refractivity contribution in [2.75, 3.05) is 5.73 Å². The molecule has 0 fully saturated rings. The van der Waals surface area contributed by atoms with E-state index >= 15 is 0 Å². The van der Waals surface area contributed by atoms with Gasteiger partial charge >= 0.3 is 0 Å². The molecule has 21 heavy (non-hydrogen) atoms. The van der Waals surface area contributed by atoms with Crippen LogP contribution in [0.15, 0.2) is 26.0 Å². The Balaban J connectivity index is 3.04. The fourth-order valence-electron chi connectivity index (χ4n) is 2.20. The van der Waals surface area contributed by atoms with Crippen molar-refractivity contribution in [3.05, 3.63) is 21.1 Å². The topological polar surface area (TPSA) is 72.2 Å². The summed E-state index contributed by atoms with van der Waals surface area (Å²) in [4.78, 5) is 0.114. The van der Waals surface area contributed by atoms with Crippen molar-refractivity contribution in [3.8, 4) is 0 Å². The van der Waals surface area contributed by atoms with Crippen LogP contribution >= 0.6 is 31.9 Å². The van der Waals surface area contributed by atoms with E-state index in [0.717, 1.165) is 36.6 Å². The molecule has 3 N–H and O–H groups in total. The van der Waals surface area contributed by atoms with Gasteiger partial charge in [0.15, 0.2) is 0 Å². The molecule has 0 saturated heterocycles. The molecule has 0 heterocycles. The van der Waals surface area contributed by atoms with Gasteiger partial charge < -0.3 is 5.73 Å². The van der Waals surface area contributed by atoms with Crippen molar-refractivity contribution in [1.29, 1.82) is 0 Å². The smallest absolute Gasteiger partial charge is 0.243 e. The molecule has 7 heteroatoms. The Hall–Kier alpha value is -0.110. The van der Waals surface area contributed by atoms with Crippen molar-refractivity contribution >= 4 is 47.6 Å². The van der Waals surface area contributed by atoms with E-state index < -0.39 is 10.0 Å². The zero-order valence-corrected chi connectivity index (χ0v) is 16.3. The first kappa shape index (κ1) is 18.9. The highest BCUT2D eigenvalue weighted by Gasteiger charge is 2.24. The number of anilines is 1. The van der Waals surface area contributed by atoms with Crippen LogP contribution in [0.3, 0.4) is 0 Å². The Kier molecular flexibility index (Phi) is 7.67. The first-order chi connectivity index (χ1) is 9.81. The van der Waals surface area contributed by atoms with Gasteiger partial charge in [-0.15, -0.1) is 0 Å². The molecular weight excluding hydrogens is 420 g/mol. The molecule has 0 aliphatic heterocycles. The Bertz CT molecular complexity index is 553. The molecule has 1 atom stereocenters. The number of unbranched alkanes of at least 4 members (excludes halogenated alkanes) is 1. The van der Waals surface area contributed by atoms with Crippen LogP contribution in [0, 0.1) is 0 Å². The van der Waals surface area contributed by atoms with E-state index in [1.165, 1.54) is 0 Å². The summed E-state index contributed by atoms with van der Waals surface area (Å²) < 4.78 is 29.2. The fourth-order valence-corrected chi connectivity index (χ4v) is 5.58. The molecule has 0 aliphatic carbocycles. The van der Waals surface area contributed by atoms with E-state index in [-0.39, 0.29) is 16.6 Å². The van der Waals surface area contributed by atoms with Gasteiger partial charge in [0.1, 0.15) is 4.90 Å². The molecule has 0 aliphatic rings. The Morgan fingerprint density at radius 2 is 1.86 bits per heavy atom. The highest BCUT2D eigenvalue weighted by molar-refractivity contribution is 9.11. The second-order valence-electron chi connectivity index (χ2n) is 5.06. The maximum atomic E-state index is 12.6. The van der Waals surface area contributed by atoms with E-state index in [9.17, 15) is 8.42 Å². The largest absolute Gasteiger partial charge is 0.398 e. The van der Waals surface area contributed by atoms with Gasteiger partial charge in [-0.2, -0.15) is 0 Å². The fraction of sp³-hybridized carbons (Fsp3) is 0.571. The van der Waals surface area contributed by atoms with Gasteiger partial charge in [0.2, 0.25) is 10.0 Å². The number of nitrogens with two attached hydrogens (primary N) is 1. The van der Waals surface area contributed by atoms with Gasteiger partial charge in [0.25, 0.3) is 0 Å². The molecule has 1 aromatic carbocycles. The van der Waals surface area contributed by atoms with E-state index in [2.05, 4.69) is 50.4 Å². The molecule has 0 saturated carbocycles. The van der Waals surface area contributed by atoms with Gasteiger partial charge in [-0.3, -0.25) is 0 Å². The molecule has 1 rings (SSSR count). The van der Waals surface area contributed by atoms with Gasteiger partial charge in [0.05, 0.1) is 5.69 Å². The summed E-state index contributed by atoms with van der Waals surface area (Å²) in [6, 6.07) is 3.24. The molecule has 120 valence electrons. The highest BCUT2D eigenvalue weighted by atomic mass is 79.9. The third-order valence-corrected chi connectivity index (χ3v) is 6.15. The summed E-state index contributed by atoms with van der Waals surface area (Å²) in [6.45, 7) is 4.15. The minimum atomic E-state index is -3.63. The number of hydrogen-bond donors (Lipinski definition) is 2. The highest BCUT2D eigenvalue weighted by Crippen LogP contribution is 2.32. The summed E-state index contributed by atoms with van der Waals surface area (Å²) in [7, 11) is -3.63. The predicted octanol–water partition coefficient (Wildman–Crippen LogP) is 4.43. The van der Waals surface area contributed by atoms with Crippen LogP contribution in [0.4, 0.5) is 5.69 Å². The van der Waals surface area contributed by atoms with Crippen molar-refractivity contribution in [2.45, 2.75) is 56.9 Å². The maximum Gasteiger partial charge on any atom is 0.243 e. The van der Waals surface area contributed by atoms with Crippen molar-refractivity contribution < 1.29 is 8.42 Å². The zero-order chi connectivity index (χ0) is 16.0. The summed E-state index contributed by atoms with van der Waals surface area (Å²) in [5, 5.41) is 0. The predicted molar refractivity (Wildman–Crippen MR) is 94.8 cm³/mol. The lowest BCUT2D eigenvalue weighted by Gasteiger charge is -2.19. The average Bonchev–Trinajstić information content (AvgIpc) is 2.34. The molecule has 0 radical (unpaired) electrons. The van der Waals surface area contributed by atoms with Gasteiger partial charge in [0, 0.05) is 15.0 Å². The lowest BCUT2D eigenvalue weighted by Crippen LogP contribution is -2.35. The second kappa shape index (κ2) is 8.50. The second-order valence-corrected chi connectivity index (χ2v) is 8.48. The standard InChI is InChI=1S/C14H22Br2N2O2S/c1-3-5-7-11(6-4-2)18-21(19,20)14-12(16)8-10(15)9-13(14)17/h8-9,11,18H,3-7,17H2,1-2H3. The monoisotopic (exact) mass is 440 g/mol. The van der Waals surface area contributed by atoms with Crippen LogP contribution in [-0.2, 0) is 10.0 Å². The molecule has 4 nitrogen and oxygen atoms in total. The average molecular weight is 442 g/mol. The molecule has 1 unspecified atom stereocenters. The number of nitrogens with one attached hydrogen (secondary N) is 1. The maximum absolute atomic E-state index is 12.6.